The van der Waals surface area contributed by atoms with Gasteiger partial charge >= 0.3 is 0 Å². The summed E-state index contributed by atoms with van der Waals surface area (Å²) in [4.78, 5) is 12.5. The number of hydrogen-bond donors (Lipinski definition) is 0. The van der Waals surface area contributed by atoms with Gasteiger partial charge in [-0.15, -0.1) is 23.4 Å². The van der Waals surface area contributed by atoms with Crippen molar-refractivity contribution in [3.05, 3.63) is 12.3 Å². The average Bonchev–Trinajstić information content (AvgIpc) is 1.86. The number of amides is 1. The lowest BCUT2D eigenvalue weighted by atomic mass is 10.2. The molecule has 2 heterocycles. The highest BCUT2D eigenvalue weighted by molar-refractivity contribution is 8.01. The molecular formula is C6H6ClNOS. The lowest BCUT2D eigenvalue weighted by molar-refractivity contribution is -0.137. The van der Waals surface area contributed by atoms with Crippen LogP contribution in [0.5, 0.6) is 0 Å². The van der Waals surface area contributed by atoms with E-state index < -0.39 is 0 Å². The minimum absolute atomic E-state index is 0.0503. The molecule has 1 fully saturated rings. The molecule has 0 aromatic heterocycles. The third kappa shape index (κ3) is 0.847. The van der Waals surface area contributed by atoms with Gasteiger partial charge in [0.25, 0.3) is 0 Å². The number of hydrogen-bond acceptors (Lipinski definition) is 2. The van der Waals surface area contributed by atoms with Crippen molar-refractivity contribution in [1.29, 1.82) is 0 Å². The van der Waals surface area contributed by atoms with E-state index in [2.05, 4.69) is 0 Å². The van der Waals surface area contributed by atoms with Crippen molar-refractivity contribution < 1.29 is 4.79 Å². The van der Waals surface area contributed by atoms with E-state index >= 15 is 0 Å². The first-order chi connectivity index (χ1) is 4.77. The van der Waals surface area contributed by atoms with Crippen molar-refractivity contribution in [3.63, 3.8) is 0 Å². The van der Waals surface area contributed by atoms with Crippen molar-refractivity contribution in [2.75, 3.05) is 0 Å². The fourth-order valence-corrected chi connectivity index (χ4v) is 2.49. The molecule has 0 aromatic carbocycles. The standard InChI is InChI=1S/C6H6ClNOS/c7-4-1-2-8-5(9)3-6(8)10-4/h1-2,4,6H,3H2/t4?,6-/m1/s1. The summed E-state index contributed by atoms with van der Waals surface area (Å²) in [5, 5.41) is 0.319. The number of fused-ring (bicyclic) bond motifs is 1. The molecule has 0 radical (unpaired) electrons. The molecule has 4 heteroatoms. The summed E-state index contributed by atoms with van der Waals surface area (Å²) in [6.07, 6.45) is 4.27. The molecule has 0 bridgehead atoms. The summed E-state index contributed by atoms with van der Waals surface area (Å²) >= 11 is 7.42. The Labute approximate surface area is 68.2 Å². The van der Waals surface area contributed by atoms with E-state index in [4.69, 9.17) is 11.6 Å². The smallest absolute Gasteiger partial charge is 0.230 e. The molecular weight excluding hydrogens is 170 g/mol. The zero-order chi connectivity index (χ0) is 7.14. The summed E-state index contributed by atoms with van der Waals surface area (Å²) in [5.74, 6) is 0.206. The molecule has 1 saturated heterocycles. The first-order valence-electron chi connectivity index (χ1n) is 3.06. The maximum atomic E-state index is 10.8. The molecule has 0 spiro atoms. The molecule has 10 heavy (non-hydrogen) atoms. The quantitative estimate of drug-likeness (QED) is 0.410. The lowest BCUT2D eigenvalue weighted by Crippen LogP contribution is -2.49. The van der Waals surface area contributed by atoms with Crippen LogP contribution in [0.1, 0.15) is 6.42 Å². The van der Waals surface area contributed by atoms with E-state index in [1.54, 1.807) is 22.9 Å². The van der Waals surface area contributed by atoms with Crippen molar-refractivity contribution in [2.45, 2.75) is 16.5 Å². The van der Waals surface area contributed by atoms with Crippen LogP contribution < -0.4 is 0 Å². The van der Waals surface area contributed by atoms with Crippen LogP contribution in [0.25, 0.3) is 0 Å². The molecule has 0 aromatic rings. The Hall–Kier alpha value is -0.150. The number of thioether (sulfide) groups is 1. The van der Waals surface area contributed by atoms with Gasteiger partial charge in [0.05, 0.1) is 11.8 Å². The Kier molecular flexibility index (Phi) is 1.42. The predicted molar refractivity (Wildman–Crippen MR) is 41.6 cm³/mol. The van der Waals surface area contributed by atoms with Gasteiger partial charge in [0.15, 0.2) is 0 Å². The monoisotopic (exact) mass is 175 g/mol. The van der Waals surface area contributed by atoms with Crippen LogP contribution in [-0.4, -0.2) is 20.9 Å². The van der Waals surface area contributed by atoms with Gasteiger partial charge < -0.3 is 4.90 Å². The molecule has 2 rings (SSSR count). The molecule has 0 N–H and O–H groups in total. The highest BCUT2D eigenvalue weighted by Gasteiger charge is 2.38. The van der Waals surface area contributed by atoms with Crippen molar-refractivity contribution in [2.24, 2.45) is 0 Å². The highest BCUT2D eigenvalue weighted by Crippen LogP contribution is 2.37. The average molecular weight is 176 g/mol. The largest absolute Gasteiger partial charge is 0.306 e. The van der Waals surface area contributed by atoms with Crippen LogP contribution >= 0.6 is 23.4 Å². The van der Waals surface area contributed by atoms with E-state index in [9.17, 15) is 4.79 Å². The van der Waals surface area contributed by atoms with E-state index in [-0.39, 0.29) is 10.6 Å². The number of β-lactam (4-membered cyclic amide) rings is 1. The zero-order valence-electron chi connectivity index (χ0n) is 5.16. The Bertz CT molecular complexity index is 206. The van der Waals surface area contributed by atoms with Gasteiger partial charge in [-0.05, 0) is 6.08 Å². The first kappa shape index (κ1) is 6.55. The second kappa shape index (κ2) is 2.17. The van der Waals surface area contributed by atoms with Crippen LogP contribution in [0.4, 0.5) is 0 Å². The molecule has 1 unspecified atom stereocenters. The number of alkyl halides is 1. The van der Waals surface area contributed by atoms with E-state index in [1.807, 2.05) is 6.08 Å². The van der Waals surface area contributed by atoms with E-state index in [0.717, 1.165) is 0 Å². The maximum Gasteiger partial charge on any atom is 0.230 e. The fourth-order valence-electron chi connectivity index (χ4n) is 1.05. The minimum atomic E-state index is 0.0503. The fraction of sp³-hybridized carbons (Fsp3) is 0.500. The third-order valence-electron chi connectivity index (χ3n) is 1.63. The Morgan fingerprint density at radius 3 is 3.20 bits per heavy atom. The molecule has 0 saturated carbocycles. The van der Waals surface area contributed by atoms with Gasteiger partial charge in [-0.25, -0.2) is 0 Å². The van der Waals surface area contributed by atoms with Gasteiger partial charge in [-0.1, -0.05) is 0 Å². The van der Waals surface area contributed by atoms with Gasteiger partial charge in [0.2, 0.25) is 5.91 Å². The molecule has 1 amide bonds. The molecule has 2 aliphatic rings. The lowest BCUT2D eigenvalue weighted by Gasteiger charge is -2.40. The SMILES string of the molecule is O=C1C[C@H]2SC(Cl)C=CN12. The molecule has 2 nitrogen and oxygen atoms in total. The Balaban J connectivity index is 2.14. The van der Waals surface area contributed by atoms with Gasteiger partial charge in [0, 0.05) is 6.20 Å². The van der Waals surface area contributed by atoms with Crippen LogP contribution in [0, 0.1) is 0 Å². The molecule has 2 atom stereocenters. The predicted octanol–water partition coefficient (Wildman–Crippen LogP) is 1.37. The maximum absolute atomic E-state index is 10.8. The highest BCUT2D eigenvalue weighted by atomic mass is 35.5. The second-order valence-corrected chi connectivity index (χ2v) is 4.34. The number of nitrogens with zero attached hydrogens (tertiary/aromatic N) is 1. The van der Waals surface area contributed by atoms with Crippen molar-refractivity contribution in [3.8, 4) is 0 Å². The van der Waals surface area contributed by atoms with Crippen LogP contribution in [0.2, 0.25) is 0 Å². The molecule has 0 aliphatic carbocycles. The summed E-state index contributed by atoms with van der Waals surface area (Å²) in [7, 11) is 0. The number of halogens is 1. The first-order valence-corrected chi connectivity index (χ1v) is 4.44. The number of carbonyl (C=O) groups is 1. The Morgan fingerprint density at radius 1 is 1.80 bits per heavy atom. The molecule has 2 aliphatic heterocycles. The minimum Gasteiger partial charge on any atom is -0.306 e. The number of carbonyl (C=O) groups excluding carboxylic acids is 1. The summed E-state index contributed by atoms with van der Waals surface area (Å²) < 4.78 is 0.0503. The van der Waals surface area contributed by atoms with Gasteiger partial charge in [-0.2, -0.15) is 0 Å². The topological polar surface area (TPSA) is 20.3 Å². The summed E-state index contributed by atoms with van der Waals surface area (Å²) in [6, 6.07) is 0. The van der Waals surface area contributed by atoms with Gasteiger partial charge in [-0.3, -0.25) is 4.79 Å². The third-order valence-corrected chi connectivity index (χ3v) is 3.21. The van der Waals surface area contributed by atoms with Crippen molar-refractivity contribution >= 4 is 29.3 Å². The van der Waals surface area contributed by atoms with E-state index in [1.165, 1.54) is 0 Å². The normalized spacial score (nSPS) is 37.3. The van der Waals surface area contributed by atoms with Crippen LogP contribution in [0.3, 0.4) is 0 Å². The summed E-state index contributed by atoms with van der Waals surface area (Å²) in [6.45, 7) is 0. The molecule has 54 valence electrons. The van der Waals surface area contributed by atoms with E-state index in [0.29, 0.717) is 11.8 Å². The van der Waals surface area contributed by atoms with Gasteiger partial charge in [0.1, 0.15) is 4.71 Å². The summed E-state index contributed by atoms with van der Waals surface area (Å²) in [5.41, 5.74) is 0. The zero-order valence-corrected chi connectivity index (χ0v) is 6.73. The van der Waals surface area contributed by atoms with Crippen molar-refractivity contribution in [1.82, 2.24) is 4.90 Å². The second-order valence-electron chi connectivity index (χ2n) is 2.29. The van der Waals surface area contributed by atoms with Crippen LogP contribution in [0.15, 0.2) is 12.3 Å². The Morgan fingerprint density at radius 2 is 2.60 bits per heavy atom. The number of rotatable bonds is 0. The van der Waals surface area contributed by atoms with Crippen LogP contribution in [-0.2, 0) is 4.79 Å².